The second-order valence-corrected chi connectivity index (χ2v) is 6.80. The fourth-order valence-electron chi connectivity index (χ4n) is 2.08. The van der Waals surface area contributed by atoms with Gasteiger partial charge in [-0.3, -0.25) is 4.79 Å². The number of aromatic nitrogens is 4. The van der Waals surface area contributed by atoms with Crippen molar-refractivity contribution < 1.29 is 4.79 Å². The lowest BCUT2D eigenvalue weighted by atomic mass is 10.2. The molecule has 0 unspecified atom stereocenters. The summed E-state index contributed by atoms with van der Waals surface area (Å²) in [5.41, 5.74) is 1.48. The van der Waals surface area contributed by atoms with E-state index >= 15 is 0 Å². The predicted molar refractivity (Wildman–Crippen MR) is 99.2 cm³/mol. The molecule has 0 spiro atoms. The first kappa shape index (κ1) is 17.7. The standard InChI is InChI=1S/C16H13Cl2N5OS/c17-12-7-4-8-13(18)15(12)19-14(24)10-25-16-20-21-22-23(16)9-11-5-2-1-3-6-11/h1-8H,9-10H2,(H,19,24). The van der Waals surface area contributed by atoms with Crippen LogP contribution in [0, 0.1) is 0 Å². The molecule has 9 heteroatoms. The van der Waals surface area contributed by atoms with Crippen molar-refractivity contribution in [2.45, 2.75) is 11.7 Å². The smallest absolute Gasteiger partial charge is 0.234 e. The Kier molecular flexibility index (Phi) is 5.91. The molecule has 1 amide bonds. The second kappa shape index (κ2) is 8.33. The van der Waals surface area contributed by atoms with Gasteiger partial charge in [-0.15, -0.1) is 5.10 Å². The van der Waals surface area contributed by atoms with Crippen LogP contribution in [-0.2, 0) is 11.3 Å². The molecule has 2 aromatic carbocycles. The molecule has 0 aliphatic rings. The van der Waals surface area contributed by atoms with Crippen molar-refractivity contribution in [2.24, 2.45) is 0 Å². The van der Waals surface area contributed by atoms with Gasteiger partial charge in [0.05, 0.1) is 28.0 Å². The maximum Gasteiger partial charge on any atom is 0.234 e. The number of halogens is 2. The van der Waals surface area contributed by atoms with Crippen LogP contribution in [0.3, 0.4) is 0 Å². The van der Waals surface area contributed by atoms with Crippen LogP contribution in [0.4, 0.5) is 5.69 Å². The van der Waals surface area contributed by atoms with E-state index in [9.17, 15) is 4.79 Å². The van der Waals surface area contributed by atoms with Crippen LogP contribution in [0.1, 0.15) is 5.56 Å². The van der Waals surface area contributed by atoms with E-state index in [0.29, 0.717) is 27.4 Å². The van der Waals surface area contributed by atoms with Gasteiger partial charge in [-0.25, -0.2) is 4.68 Å². The van der Waals surface area contributed by atoms with E-state index in [4.69, 9.17) is 23.2 Å². The van der Waals surface area contributed by atoms with Gasteiger partial charge in [0.25, 0.3) is 0 Å². The molecule has 0 saturated carbocycles. The summed E-state index contributed by atoms with van der Waals surface area (Å²) in [6.07, 6.45) is 0. The van der Waals surface area contributed by atoms with Crippen molar-refractivity contribution in [1.29, 1.82) is 0 Å². The van der Waals surface area contributed by atoms with Crippen molar-refractivity contribution in [1.82, 2.24) is 20.2 Å². The number of hydrogen-bond acceptors (Lipinski definition) is 5. The molecule has 25 heavy (non-hydrogen) atoms. The first-order chi connectivity index (χ1) is 12.1. The lowest BCUT2D eigenvalue weighted by molar-refractivity contribution is -0.113. The fraction of sp³-hybridized carbons (Fsp3) is 0.125. The van der Waals surface area contributed by atoms with E-state index in [1.165, 1.54) is 11.8 Å². The predicted octanol–water partition coefficient (Wildman–Crippen LogP) is 3.76. The second-order valence-electron chi connectivity index (χ2n) is 5.04. The number of tetrazole rings is 1. The molecule has 0 saturated heterocycles. The third kappa shape index (κ3) is 4.72. The highest BCUT2D eigenvalue weighted by Crippen LogP contribution is 2.30. The van der Waals surface area contributed by atoms with Gasteiger partial charge in [0.15, 0.2) is 0 Å². The molecule has 3 rings (SSSR count). The highest BCUT2D eigenvalue weighted by atomic mass is 35.5. The molecule has 0 atom stereocenters. The van der Waals surface area contributed by atoms with Crippen molar-refractivity contribution in [3.63, 3.8) is 0 Å². The summed E-state index contributed by atoms with van der Waals surface area (Å²) in [7, 11) is 0. The SMILES string of the molecule is O=C(CSc1nnnn1Cc1ccccc1)Nc1c(Cl)cccc1Cl. The van der Waals surface area contributed by atoms with Crippen molar-refractivity contribution in [2.75, 3.05) is 11.1 Å². The fourth-order valence-corrected chi connectivity index (χ4v) is 3.25. The van der Waals surface area contributed by atoms with Gasteiger partial charge in [-0.2, -0.15) is 0 Å². The highest BCUT2D eigenvalue weighted by Gasteiger charge is 2.13. The Morgan fingerprint density at radius 2 is 1.80 bits per heavy atom. The molecule has 0 radical (unpaired) electrons. The normalized spacial score (nSPS) is 10.6. The number of carbonyl (C=O) groups excluding carboxylic acids is 1. The van der Waals surface area contributed by atoms with Crippen LogP contribution < -0.4 is 5.32 Å². The van der Waals surface area contributed by atoms with Crippen molar-refractivity contribution >= 4 is 46.6 Å². The van der Waals surface area contributed by atoms with Crippen LogP contribution in [0.25, 0.3) is 0 Å². The number of anilines is 1. The van der Waals surface area contributed by atoms with E-state index in [1.54, 1.807) is 22.9 Å². The molecule has 6 nitrogen and oxygen atoms in total. The summed E-state index contributed by atoms with van der Waals surface area (Å²) in [6.45, 7) is 0.536. The third-order valence-electron chi connectivity index (χ3n) is 3.23. The Morgan fingerprint density at radius 3 is 2.52 bits per heavy atom. The lowest BCUT2D eigenvalue weighted by Gasteiger charge is -2.09. The Labute approximate surface area is 158 Å². The first-order valence-electron chi connectivity index (χ1n) is 7.30. The van der Waals surface area contributed by atoms with E-state index in [-0.39, 0.29) is 11.7 Å². The number of para-hydroxylation sites is 1. The average molecular weight is 394 g/mol. The summed E-state index contributed by atoms with van der Waals surface area (Å²) in [4.78, 5) is 12.2. The minimum atomic E-state index is -0.241. The third-order valence-corrected chi connectivity index (χ3v) is 4.82. The Hall–Kier alpha value is -2.09. The summed E-state index contributed by atoms with van der Waals surface area (Å²) in [5, 5.41) is 15.6. The summed E-state index contributed by atoms with van der Waals surface area (Å²) in [5.74, 6) is -0.106. The molecule has 0 aliphatic heterocycles. The van der Waals surface area contributed by atoms with Crippen LogP contribution in [-0.4, -0.2) is 31.9 Å². The van der Waals surface area contributed by atoms with Crippen molar-refractivity contribution in [3.05, 3.63) is 64.1 Å². The summed E-state index contributed by atoms with van der Waals surface area (Å²) >= 11 is 13.3. The average Bonchev–Trinajstić information content (AvgIpc) is 3.04. The number of thioether (sulfide) groups is 1. The van der Waals surface area contributed by atoms with Gasteiger partial charge < -0.3 is 5.32 Å². The topological polar surface area (TPSA) is 72.7 Å². The van der Waals surface area contributed by atoms with Crippen LogP contribution in [0.5, 0.6) is 0 Å². The van der Waals surface area contributed by atoms with E-state index in [2.05, 4.69) is 20.8 Å². The number of rotatable bonds is 6. The minimum Gasteiger partial charge on any atom is -0.323 e. The van der Waals surface area contributed by atoms with Crippen LogP contribution in [0.2, 0.25) is 10.0 Å². The number of nitrogens with one attached hydrogen (secondary N) is 1. The molecule has 0 bridgehead atoms. The van der Waals surface area contributed by atoms with Crippen LogP contribution >= 0.6 is 35.0 Å². The number of hydrogen-bond donors (Lipinski definition) is 1. The zero-order valence-corrected chi connectivity index (χ0v) is 15.2. The first-order valence-corrected chi connectivity index (χ1v) is 9.04. The van der Waals surface area contributed by atoms with Gasteiger partial charge >= 0.3 is 0 Å². The van der Waals surface area contributed by atoms with Crippen molar-refractivity contribution in [3.8, 4) is 0 Å². The van der Waals surface area contributed by atoms with E-state index < -0.39 is 0 Å². The molecular formula is C16H13Cl2N5OS. The molecule has 0 fully saturated rings. The van der Waals surface area contributed by atoms with E-state index in [0.717, 1.165) is 5.56 Å². The maximum absolute atomic E-state index is 12.2. The summed E-state index contributed by atoms with van der Waals surface area (Å²) < 4.78 is 1.65. The molecule has 3 aromatic rings. The van der Waals surface area contributed by atoms with Gasteiger partial charge in [-0.1, -0.05) is 71.4 Å². The van der Waals surface area contributed by atoms with E-state index in [1.807, 2.05) is 30.3 Å². The Bertz CT molecular complexity index is 852. The molecule has 1 N–H and O–H groups in total. The molecular weight excluding hydrogens is 381 g/mol. The zero-order valence-electron chi connectivity index (χ0n) is 12.9. The summed E-state index contributed by atoms with van der Waals surface area (Å²) in [6, 6.07) is 14.9. The number of carbonyl (C=O) groups is 1. The molecule has 128 valence electrons. The molecule has 0 aliphatic carbocycles. The number of benzene rings is 2. The molecule has 1 aromatic heterocycles. The van der Waals surface area contributed by atoms with Gasteiger partial charge in [0, 0.05) is 0 Å². The quantitative estimate of drug-likeness (QED) is 0.645. The van der Waals surface area contributed by atoms with Crippen LogP contribution in [0.15, 0.2) is 53.7 Å². The van der Waals surface area contributed by atoms with Gasteiger partial charge in [0.1, 0.15) is 0 Å². The monoisotopic (exact) mass is 393 g/mol. The minimum absolute atomic E-state index is 0.136. The maximum atomic E-state index is 12.2. The number of amides is 1. The molecule has 1 heterocycles. The highest BCUT2D eigenvalue weighted by molar-refractivity contribution is 7.99. The lowest BCUT2D eigenvalue weighted by Crippen LogP contribution is -2.15. The largest absolute Gasteiger partial charge is 0.323 e. The van der Waals surface area contributed by atoms with Gasteiger partial charge in [0.2, 0.25) is 11.1 Å². The number of nitrogens with zero attached hydrogens (tertiary/aromatic N) is 4. The Morgan fingerprint density at radius 1 is 1.08 bits per heavy atom. The van der Waals surface area contributed by atoms with Gasteiger partial charge in [-0.05, 0) is 28.1 Å². The zero-order chi connectivity index (χ0) is 17.6. The Balaban J connectivity index is 1.61.